The molecule has 1 saturated heterocycles. The van der Waals surface area contributed by atoms with Gasteiger partial charge in [0.25, 0.3) is 0 Å². The fourth-order valence-corrected chi connectivity index (χ4v) is 4.66. The number of halogens is 1. The summed E-state index contributed by atoms with van der Waals surface area (Å²) in [5.41, 5.74) is -0.623. The van der Waals surface area contributed by atoms with Crippen LogP contribution in [0.4, 0.5) is 4.39 Å². The average molecular weight is 415 g/mol. The van der Waals surface area contributed by atoms with E-state index in [9.17, 15) is 23.0 Å². The van der Waals surface area contributed by atoms with Crippen LogP contribution in [0, 0.1) is 11.2 Å². The molecular weight excluding hydrogens is 387 g/mol. The highest BCUT2D eigenvalue weighted by molar-refractivity contribution is 7.83. The first kappa shape index (κ1) is 22.2. The first-order valence-corrected chi connectivity index (χ1v) is 10.4. The maximum Gasteiger partial charge on any atom is 0.311 e. The number of carbonyl (C=O) groups is 3. The number of hydrogen-bond acceptors (Lipinski definition) is 4. The topological polar surface area (TPSA) is 101 Å². The van der Waals surface area contributed by atoms with Gasteiger partial charge in [-0.25, -0.2) is 13.3 Å². The van der Waals surface area contributed by atoms with Gasteiger partial charge in [-0.3, -0.25) is 14.4 Å². The molecule has 1 fully saturated rings. The lowest BCUT2D eigenvalue weighted by Crippen LogP contribution is -2.58. The van der Waals surface area contributed by atoms with Crippen molar-refractivity contribution in [3.63, 3.8) is 0 Å². The van der Waals surface area contributed by atoms with E-state index in [1.54, 1.807) is 13.8 Å². The molecular formula is C18H27FN4O4S. The van der Waals surface area contributed by atoms with Crippen LogP contribution in [0.3, 0.4) is 0 Å². The molecule has 2 amide bonds. The number of aromatic nitrogens is 1. The molecule has 1 aliphatic rings. The monoisotopic (exact) mass is 414 g/mol. The minimum atomic E-state index is -1.85. The van der Waals surface area contributed by atoms with Crippen molar-refractivity contribution in [1.29, 1.82) is 0 Å². The molecule has 2 rings (SSSR count). The van der Waals surface area contributed by atoms with Crippen molar-refractivity contribution in [2.75, 3.05) is 19.6 Å². The molecule has 156 valence electrons. The van der Waals surface area contributed by atoms with Gasteiger partial charge >= 0.3 is 11.8 Å². The maximum atomic E-state index is 14.4. The zero-order chi connectivity index (χ0) is 21.1. The van der Waals surface area contributed by atoms with Gasteiger partial charge in [-0.05, 0) is 25.7 Å². The number of aryl methyl sites for hydroxylation is 1. The molecule has 0 spiro atoms. The van der Waals surface area contributed by atoms with Crippen molar-refractivity contribution in [3.8, 4) is 0 Å². The third-order valence-corrected chi connectivity index (χ3v) is 6.16. The molecule has 2 heterocycles. The smallest absolute Gasteiger partial charge is 0.311 e. The molecule has 1 aliphatic heterocycles. The molecule has 28 heavy (non-hydrogen) atoms. The maximum absolute atomic E-state index is 14.4. The number of hydrogen-bond donors (Lipinski definition) is 2. The summed E-state index contributed by atoms with van der Waals surface area (Å²) < 4.78 is 31.5. The molecule has 0 aliphatic carbocycles. The molecule has 1 aromatic heterocycles. The van der Waals surface area contributed by atoms with Gasteiger partial charge in [-0.15, -0.1) is 0 Å². The van der Waals surface area contributed by atoms with Crippen LogP contribution in [0.2, 0.25) is 0 Å². The van der Waals surface area contributed by atoms with Gasteiger partial charge in [-0.1, -0.05) is 13.8 Å². The van der Waals surface area contributed by atoms with Crippen LogP contribution in [-0.4, -0.2) is 57.5 Å². The molecule has 0 radical (unpaired) electrons. The van der Waals surface area contributed by atoms with E-state index in [4.69, 9.17) is 0 Å². The Bertz CT molecular complexity index is 793. The Balaban J connectivity index is 2.11. The van der Waals surface area contributed by atoms with Crippen LogP contribution >= 0.6 is 0 Å². The second-order valence-corrected chi connectivity index (χ2v) is 8.61. The van der Waals surface area contributed by atoms with E-state index in [2.05, 4.69) is 10.0 Å². The minimum absolute atomic E-state index is 0.0689. The van der Waals surface area contributed by atoms with E-state index in [0.717, 1.165) is 0 Å². The van der Waals surface area contributed by atoms with Gasteiger partial charge in [0.1, 0.15) is 21.6 Å². The van der Waals surface area contributed by atoms with E-state index in [-0.39, 0.29) is 16.6 Å². The summed E-state index contributed by atoms with van der Waals surface area (Å²) >= 11 is 0. The van der Waals surface area contributed by atoms with Gasteiger partial charge in [0.2, 0.25) is 0 Å². The number of nitrogens with one attached hydrogen (secondary N) is 2. The van der Waals surface area contributed by atoms with E-state index in [0.29, 0.717) is 38.9 Å². The largest absolute Gasteiger partial charge is 0.348 e. The highest BCUT2D eigenvalue weighted by Gasteiger charge is 2.40. The van der Waals surface area contributed by atoms with E-state index in [1.165, 1.54) is 15.7 Å². The molecule has 0 saturated carbocycles. The molecule has 1 aromatic rings. The van der Waals surface area contributed by atoms with Gasteiger partial charge in [0, 0.05) is 38.4 Å². The summed E-state index contributed by atoms with van der Waals surface area (Å²) in [5, 5.41) is 2.49. The fourth-order valence-electron chi connectivity index (χ4n) is 3.35. The van der Waals surface area contributed by atoms with Gasteiger partial charge in [0.05, 0.1) is 0 Å². The predicted octanol–water partition coefficient (Wildman–Crippen LogP) is 0.835. The Labute approximate surface area is 166 Å². The minimum Gasteiger partial charge on any atom is -0.348 e. The van der Waals surface area contributed by atoms with Crippen LogP contribution in [0.1, 0.15) is 44.6 Å². The van der Waals surface area contributed by atoms with E-state index >= 15 is 0 Å². The summed E-state index contributed by atoms with van der Waals surface area (Å²) in [7, 11) is -1.85. The number of likely N-dealkylation sites (N-methyl/N-ethyl adjacent to an activating group) is 1. The normalized spacial score (nSPS) is 19.9. The molecule has 8 nitrogen and oxygen atoms in total. The summed E-state index contributed by atoms with van der Waals surface area (Å²) in [4.78, 5) is 36.5. The number of aldehydes is 1. The molecule has 0 aromatic carbocycles. The number of carbonyl (C=O) groups excluding carboxylic acids is 3. The molecule has 10 heteroatoms. The zero-order valence-corrected chi connectivity index (χ0v) is 17.4. The number of nitrogens with zero attached hydrogens (tertiary/aromatic N) is 2. The molecule has 2 unspecified atom stereocenters. The number of rotatable bonds is 6. The second kappa shape index (κ2) is 8.95. The number of likely N-dealkylation sites (tertiary alicyclic amines) is 1. The first-order valence-electron chi connectivity index (χ1n) is 9.25. The quantitative estimate of drug-likeness (QED) is 0.532. The van der Waals surface area contributed by atoms with Crippen LogP contribution in [0.5, 0.6) is 0 Å². The van der Waals surface area contributed by atoms with Gasteiger partial charge < -0.3 is 14.8 Å². The van der Waals surface area contributed by atoms with Gasteiger partial charge in [0.15, 0.2) is 12.1 Å². The fraction of sp³-hybridized carbons (Fsp3) is 0.611. The molecule has 2 atom stereocenters. The third-order valence-electron chi connectivity index (χ3n) is 4.97. The standard InChI is InChI=1S/C18H27FN4O4S/c1-5-20-16(25)17(26)23-8-7-14(18(3,4)11-23)21-28(27)13-9-22(6-2)12(10-24)15(13)19/h9-10,14,21H,5-8,11H2,1-4H3,(H,20,25). The van der Waals surface area contributed by atoms with E-state index < -0.39 is 34.0 Å². The summed E-state index contributed by atoms with van der Waals surface area (Å²) in [5.74, 6) is -2.02. The van der Waals surface area contributed by atoms with Crippen molar-refractivity contribution in [3.05, 3.63) is 17.7 Å². The van der Waals surface area contributed by atoms with Crippen LogP contribution in [0.15, 0.2) is 11.1 Å². The SMILES string of the molecule is CCNC(=O)C(=O)N1CCC(NS(=O)c2cn(CC)c(C=O)c2F)C(C)(C)C1. The predicted molar refractivity (Wildman–Crippen MR) is 102 cm³/mol. The first-order chi connectivity index (χ1) is 13.2. The van der Waals surface area contributed by atoms with Crippen molar-refractivity contribution >= 4 is 29.1 Å². The zero-order valence-electron chi connectivity index (χ0n) is 16.6. The van der Waals surface area contributed by atoms with Crippen LogP contribution < -0.4 is 10.0 Å². The van der Waals surface area contributed by atoms with Crippen molar-refractivity contribution in [1.82, 2.24) is 19.5 Å². The highest BCUT2D eigenvalue weighted by atomic mass is 32.2. The second-order valence-electron chi connectivity index (χ2n) is 7.40. The lowest BCUT2D eigenvalue weighted by molar-refractivity contribution is -0.148. The molecule has 2 N–H and O–H groups in total. The van der Waals surface area contributed by atoms with Crippen molar-refractivity contribution < 1.29 is 23.0 Å². The lowest BCUT2D eigenvalue weighted by atomic mass is 9.79. The number of piperidine rings is 1. The Morgan fingerprint density at radius 2 is 2.07 bits per heavy atom. The Hall–Kier alpha value is -2.07. The molecule has 0 bridgehead atoms. The van der Waals surface area contributed by atoms with E-state index in [1.807, 2.05) is 13.8 Å². The lowest BCUT2D eigenvalue weighted by Gasteiger charge is -2.43. The van der Waals surface area contributed by atoms with Crippen molar-refractivity contribution in [2.45, 2.75) is 51.6 Å². The average Bonchev–Trinajstić information content (AvgIpc) is 2.98. The van der Waals surface area contributed by atoms with Crippen LogP contribution in [-0.2, 0) is 27.1 Å². The number of amides is 2. The summed E-state index contributed by atoms with van der Waals surface area (Å²) in [6.07, 6.45) is 2.25. The Morgan fingerprint density at radius 1 is 1.39 bits per heavy atom. The Morgan fingerprint density at radius 3 is 2.57 bits per heavy atom. The Kier molecular flexibility index (Phi) is 7.11. The third kappa shape index (κ3) is 4.49. The van der Waals surface area contributed by atoms with Gasteiger partial charge in [-0.2, -0.15) is 0 Å². The summed E-state index contributed by atoms with van der Waals surface area (Å²) in [6.45, 7) is 8.67. The van der Waals surface area contributed by atoms with Crippen LogP contribution in [0.25, 0.3) is 0 Å². The van der Waals surface area contributed by atoms with Crippen molar-refractivity contribution in [2.24, 2.45) is 5.41 Å². The summed E-state index contributed by atoms with van der Waals surface area (Å²) in [6, 6.07) is -0.268. The highest BCUT2D eigenvalue weighted by Crippen LogP contribution is 2.30.